The van der Waals surface area contributed by atoms with Crippen LogP contribution in [0.3, 0.4) is 0 Å². The standard InChI is InChI=1S/C10H16N4OS2/c1-7(16-10-13-12-8(2)17-10)9(15)14-5-3-11-4-6-14/h7,11H,3-6H2,1-2H3. The summed E-state index contributed by atoms with van der Waals surface area (Å²) in [5, 5.41) is 12.1. The topological polar surface area (TPSA) is 58.1 Å². The molecule has 0 radical (unpaired) electrons. The molecular formula is C10H16N4OS2. The highest BCUT2D eigenvalue weighted by atomic mass is 32.2. The van der Waals surface area contributed by atoms with Gasteiger partial charge in [-0.3, -0.25) is 4.79 Å². The minimum absolute atomic E-state index is 0.0829. The Kier molecular flexibility index (Phi) is 4.36. The van der Waals surface area contributed by atoms with Crippen molar-refractivity contribution >= 4 is 29.0 Å². The zero-order valence-corrected chi connectivity index (χ0v) is 11.6. The molecule has 1 aliphatic rings. The van der Waals surface area contributed by atoms with E-state index in [1.54, 1.807) is 0 Å². The number of piperazine rings is 1. The Bertz CT molecular complexity index is 389. The fraction of sp³-hybridized carbons (Fsp3) is 0.700. The van der Waals surface area contributed by atoms with Crippen molar-refractivity contribution in [1.29, 1.82) is 0 Å². The fourth-order valence-electron chi connectivity index (χ4n) is 1.67. The number of carbonyl (C=O) groups is 1. The monoisotopic (exact) mass is 272 g/mol. The number of aromatic nitrogens is 2. The lowest BCUT2D eigenvalue weighted by molar-refractivity contribution is -0.130. The fourth-order valence-corrected chi connectivity index (χ4v) is 3.71. The van der Waals surface area contributed by atoms with Gasteiger partial charge in [0.05, 0.1) is 5.25 Å². The Morgan fingerprint density at radius 3 is 2.76 bits per heavy atom. The van der Waals surface area contributed by atoms with Crippen molar-refractivity contribution in [1.82, 2.24) is 20.4 Å². The molecule has 2 heterocycles. The summed E-state index contributed by atoms with van der Waals surface area (Å²) >= 11 is 3.04. The van der Waals surface area contributed by atoms with Gasteiger partial charge in [0.25, 0.3) is 0 Å². The van der Waals surface area contributed by atoms with E-state index in [1.165, 1.54) is 23.1 Å². The predicted molar refractivity (Wildman–Crippen MR) is 69.4 cm³/mol. The lowest BCUT2D eigenvalue weighted by Gasteiger charge is -2.29. The van der Waals surface area contributed by atoms with Gasteiger partial charge < -0.3 is 10.2 Å². The van der Waals surface area contributed by atoms with E-state index in [9.17, 15) is 4.79 Å². The molecule has 1 aromatic heterocycles. The molecular weight excluding hydrogens is 256 g/mol. The van der Waals surface area contributed by atoms with Crippen LogP contribution in [0.4, 0.5) is 0 Å². The van der Waals surface area contributed by atoms with Crippen molar-refractivity contribution in [2.75, 3.05) is 26.2 Å². The molecule has 1 unspecified atom stereocenters. The maximum atomic E-state index is 12.1. The van der Waals surface area contributed by atoms with E-state index < -0.39 is 0 Å². The summed E-state index contributed by atoms with van der Waals surface area (Å²) < 4.78 is 0.874. The second-order valence-corrected chi connectivity index (χ2v) is 6.69. The van der Waals surface area contributed by atoms with Gasteiger partial charge in [-0.05, 0) is 13.8 Å². The number of nitrogens with zero attached hydrogens (tertiary/aromatic N) is 3. The minimum atomic E-state index is -0.0829. The van der Waals surface area contributed by atoms with Crippen molar-refractivity contribution in [2.45, 2.75) is 23.4 Å². The van der Waals surface area contributed by atoms with Gasteiger partial charge >= 0.3 is 0 Å². The van der Waals surface area contributed by atoms with Crippen LogP contribution < -0.4 is 5.32 Å². The quantitative estimate of drug-likeness (QED) is 0.823. The maximum absolute atomic E-state index is 12.1. The molecule has 5 nitrogen and oxygen atoms in total. The first kappa shape index (κ1) is 12.8. The van der Waals surface area contributed by atoms with E-state index in [1.807, 2.05) is 18.7 Å². The first-order valence-electron chi connectivity index (χ1n) is 5.63. The van der Waals surface area contributed by atoms with Gasteiger partial charge in [-0.15, -0.1) is 10.2 Å². The van der Waals surface area contributed by atoms with Crippen LogP contribution in [-0.4, -0.2) is 52.4 Å². The van der Waals surface area contributed by atoms with Gasteiger partial charge in [-0.1, -0.05) is 23.1 Å². The first-order chi connectivity index (χ1) is 8.16. The molecule has 1 atom stereocenters. The van der Waals surface area contributed by atoms with Crippen LogP contribution in [-0.2, 0) is 4.79 Å². The predicted octanol–water partition coefficient (Wildman–Crippen LogP) is 0.759. The number of hydrogen-bond acceptors (Lipinski definition) is 6. The highest BCUT2D eigenvalue weighted by Gasteiger charge is 2.23. The van der Waals surface area contributed by atoms with Crippen molar-refractivity contribution in [3.05, 3.63) is 5.01 Å². The van der Waals surface area contributed by atoms with Crippen molar-refractivity contribution in [2.24, 2.45) is 0 Å². The number of nitrogens with one attached hydrogen (secondary N) is 1. The van der Waals surface area contributed by atoms with Crippen molar-refractivity contribution in [3.8, 4) is 0 Å². The summed E-state index contributed by atoms with van der Waals surface area (Å²) in [7, 11) is 0. The molecule has 7 heteroatoms. The number of thioether (sulfide) groups is 1. The molecule has 0 spiro atoms. The van der Waals surface area contributed by atoms with E-state index >= 15 is 0 Å². The van der Waals surface area contributed by atoms with E-state index in [-0.39, 0.29) is 11.2 Å². The average molecular weight is 272 g/mol. The number of aryl methyl sites for hydroxylation is 1. The highest BCUT2D eigenvalue weighted by molar-refractivity contribution is 8.02. The van der Waals surface area contributed by atoms with Crippen LogP contribution in [0, 0.1) is 6.92 Å². The lowest BCUT2D eigenvalue weighted by Crippen LogP contribution is -2.48. The summed E-state index contributed by atoms with van der Waals surface area (Å²) in [6, 6.07) is 0. The Hall–Kier alpha value is -0.660. The van der Waals surface area contributed by atoms with Gasteiger partial charge in [0.1, 0.15) is 5.01 Å². The molecule has 1 N–H and O–H groups in total. The third kappa shape index (κ3) is 3.40. The number of rotatable bonds is 3. The largest absolute Gasteiger partial charge is 0.339 e. The zero-order valence-electron chi connectivity index (χ0n) is 9.97. The van der Waals surface area contributed by atoms with Crippen molar-refractivity contribution in [3.63, 3.8) is 0 Å². The summed E-state index contributed by atoms with van der Waals surface area (Å²) in [5.74, 6) is 0.198. The molecule has 1 fully saturated rings. The second-order valence-electron chi connectivity index (χ2n) is 3.92. The normalized spacial score (nSPS) is 18.1. The highest BCUT2D eigenvalue weighted by Crippen LogP contribution is 2.27. The molecule has 0 saturated carbocycles. The van der Waals surface area contributed by atoms with E-state index in [2.05, 4.69) is 15.5 Å². The molecule has 1 aromatic rings. The van der Waals surface area contributed by atoms with E-state index in [0.717, 1.165) is 35.5 Å². The molecule has 0 aliphatic carbocycles. The lowest BCUT2D eigenvalue weighted by atomic mass is 10.3. The van der Waals surface area contributed by atoms with Crippen molar-refractivity contribution < 1.29 is 4.79 Å². The average Bonchev–Trinajstić information content (AvgIpc) is 2.75. The second kappa shape index (κ2) is 5.79. The van der Waals surface area contributed by atoms with Crippen LogP contribution in [0.15, 0.2) is 4.34 Å². The number of carbonyl (C=O) groups excluding carboxylic acids is 1. The molecule has 1 saturated heterocycles. The molecule has 0 bridgehead atoms. The number of hydrogen-bond donors (Lipinski definition) is 1. The van der Waals surface area contributed by atoms with Crippen LogP contribution >= 0.6 is 23.1 Å². The molecule has 2 rings (SSSR count). The molecule has 17 heavy (non-hydrogen) atoms. The maximum Gasteiger partial charge on any atom is 0.235 e. The third-order valence-corrected chi connectivity index (χ3v) is 4.57. The SMILES string of the molecule is Cc1nnc(SC(C)C(=O)N2CCNCC2)s1. The van der Waals surface area contributed by atoms with Gasteiger partial charge in [0.2, 0.25) is 5.91 Å². The Labute approximate surface area is 109 Å². The smallest absolute Gasteiger partial charge is 0.235 e. The van der Waals surface area contributed by atoms with Gasteiger partial charge in [0, 0.05) is 26.2 Å². The Morgan fingerprint density at radius 1 is 1.47 bits per heavy atom. The Balaban J connectivity index is 1.90. The summed E-state index contributed by atoms with van der Waals surface area (Å²) in [6.45, 7) is 7.25. The van der Waals surface area contributed by atoms with E-state index in [0.29, 0.717) is 0 Å². The van der Waals surface area contributed by atoms with Crippen LogP contribution in [0.2, 0.25) is 0 Å². The molecule has 0 aromatic carbocycles. The van der Waals surface area contributed by atoms with Crippen LogP contribution in [0.25, 0.3) is 0 Å². The zero-order chi connectivity index (χ0) is 12.3. The first-order valence-corrected chi connectivity index (χ1v) is 7.32. The van der Waals surface area contributed by atoms with Gasteiger partial charge in [-0.25, -0.2) is 0 Å². The molecule has 94 valence electrons. The minimum Gasteiger partial charge on any atom is -0.339 e. The summed E-state index contributed by atoms with van der Waals surface area (Å²) in [6.07, 6.45) is 0. The summed E-state index contributed by atoms with van der Waals surface area (Å²) in [5.41, 5.74) is 0. The summed E-state index contributed by atoms with van der Waals surface area (Å²) in [4.78, 5) is 14.1. The van der Waals surface area contributed by atoms with Crippen LogP contribution in [0.1, 0.15) is 11.9 Å². The van der Waals surface area contributed by atoms with Gasteiger partial charge in [-0.2, -0.15) is 0 Å². The van der Waals surface area contributed by atoms with Gasteiger partial charge in [0.15, 0.2) is 4.34 Å². The van der Waals surface area contributed by atoms with E-state index in [4.69, 9.17) is 0 Å². The Morgan fingerprint density at radius 2 is 2.18 bits per heavy atom. The molecule has 1 aliphatic heterocycles. The number of amides is 1. The molecule has 1 amide bonds. The van der Waals surface area contributed by atoms with Crippen LogP contribution in [0.5, 0.6) is 0 Å². The third-order valence-electron chi connectivity index (χ3n) is 2.56.